The highest BCUT2D eigenvalue weighted by Crippen LogP contribution is 2.23. The monoisotopic (exact) mass is 399 g/mol. The van der Waals surface area contributed by atoms with E-state index in [2.05, 4.69) is 4.57 Å². The zero-order valence-electron chi connectivity index (χ0n) is 15.3. The maximum Gasteiger partial charge on any atom is 0.308 e. The quantitative estimate of drug-likeness (QED) is 0.714. The zero-order valence-corrected chi connectivity index (χ0v) is 16.1. The number of benzene rings is 2. The molecule has 0 aliphatic carbocycles. The number of halogens is 1. The van der Waals surface area contributed by atoms with Crippen molar-refractivity contribution < 1.29 is 14.7 Å². The standard InChI is InChI=1S/C21H21N3O3.ClH/c25-20(23-13-12-15(14-23)21(26)27)11-10-19-22-17-8-4-5-9-18(17)24(19)16-6-2-1-3-7-16;/h1-9,15H,10-14H2,(H,26,27);1H. The van der Waals surface area contributed by atoms with Crippen molar-refractivity contribution in [1.82, 2.24) is 14.5 Å². The molecule has 1 amide bonds. The van der Waals surface area contributed by atoms with E-state index in [4.69, 9.17) is 10.1 Å². The Morgan fingerprint density at radius 1 is 1.07 bits per heavy atom. The van der Waals surface area contributed by atoms with E-state index in [0.717, 1.165) is 22.5 Å². The number of aromatic nitrogens is 2. The topological polar surface area (TPSA) is 75.4 Å². The fourth-order valence-corrected chi connectivity index (χ4v) is 3.67. The predicted molar refractivity (Wildman–Crippen MR) is 109 cm³/mol. The van der Waals surface area contributed by atoms with Crippen molar-refractivity contribution in [2.24, 2.45) is 5.92 Å². The molecule has 28 heavy (non-hydrogen) atoms. The highest BCUT2D eigenvalue weighted by Gasteiger charge is 2.30. The number of hydrogen-bond acceptors (Lipinski definition) is 3. The highest BCUT2D eigenvalue weighted by molar-refractivity contribution is 5.85. The number of aliphatic carboxylic acids is 1. The third-order valence-electron chi connectivity index (χ3n) is 5.10. The van der Waals surface area contributed by atoms with Gasteiger partial charge in [0.2, 0.25) is 5.91 Å². The second kappa shape index (κ2) is 8.44. The summed E-state index contributed by atoms with van der Waals surface area (Å²) in [4.78, 5) is 30.0. The number of carbonyl (C=O) groups is 2. The van der Waals surface area contributed by atoms with Gasteiger partial charge in [-0.05, 0) is 30.7 Å². The SMILES string of the molecule is Cl.O=C(O)C1CCN(C(=O)CCc2nc3ccccc3n2-c2ccccc2)C1. The number of rotatable bonds is 5. The first-order valence-electron chi connectivity index (χ1n) is 9.16. The van der Waals surface area contributed by atoms with Crippen LogP contribution in [-0.4, -0.2) is 44.5 Å². The van der Waals surface area contributed by atoms with Crippen molar-refractivity contribution >= 4 is 35.3 Å². The summed E-state index contributed by atoms with van der Waals surface area (Å²) in [6.45, 7) is 0.828. The Balaban J connectivity index is 0.00000225. The summed E-state index contributed by atoms with van der Waals surface area (Å²) in [6, 6.07) is 17.9. The highest BCUT2D eigenvalue weighted by atomic mass is 35.5. The lowest BCUT2D eigenvalue weighted by atomic mass is 10.1. The van der Waals surface area contributed by atoms with Gasteiger partial charge in [0.15, 0.2) is 0 Å². The molecule has 6 nitrogen and oxygen atoms in total. The number of carboxylic acids is 1. The number of aryl methyl sites for hydroxylation is 1. The molecule has 1 fully saturated rings. The van der Waals surface area contributed by atoms with Crippen LogP contribution >= 0.6 is 12.4 Å². The van der Waals surface area contributed by atoms with Gasteiger partial charge in [0.05, 0.1) is 17.0 Å². The van der Waals surface area contributed by atoms with Gasteiger partial charge in [0, 0.05) is 31.6 Å². The average molecular weight is 400 g/mol. The summed E-state index contributed by atoms with van der Waals surface area (Å²) in [6.07, 6.45) is 1.36. The van der Waals surface area contributed by atoms with Gasteiger partial charge in [-0.25, -0.2) is 4.98 Å². The van der Waals surface area contributed by atoms with Gasteiger partial charge in [0.1, 0.15) is 5.82 Å². The summed E-state index contributed by atoms with van der Waals surface area (Å²) < 4.78 is 2.09. The number of carboxylic acid groups (broad SMARTS) is 1. The van der Waals surface area contributed by atoms with E-state index in [1.54, 1.807) is 4.90 Å². The van der Waals surface area contributed by atoms with Crippen molar-refractivity contribution in [3.8, 4) is 5.69 Å². The molecule has 146 valence electrons. The second-order valence-electron chi connectivity index (χ2n) is 6.85. The van der Waals surface area contributed by atoms with Crippen LogP contribution in [0.15, 0.2) is 54.6 Å². The van der Waals surface area contributed by atoms with E-state index in [-0.39, 0.29) is 18.3 Å². The predicted octanol–water partition coefficient (Wildman–Crippen LogP) is 3.31. The van der Waals surface area contributed by atoms with Crippen LogP contribution in [0.5, 0.6) is 0 Å². The van der Waals surface area contributed by atoms with Gasteiger partial charge < -0.3 is 10.0 Å². The number of para-hydroxylation sites is 3. The second-order valence-corrected chi connectivity index (χ2v) is 6.85. The summed E-state index contributed by atoms with van der Waals surface area (Å²) in [5.74, 6) is -0.436. The van der Waals surface area contributed by atoms with Crippen molar-refractivity contribution in [2.75, 3.05) is 13.1 Å². The summed E-state index contributed by atoms with van der Waals surface area (Å²) in [5, 5.41) is 9.11. The molecule has 0 radical (unpaired) electrons. The number of nitrogens with zero attached hydrogens (tertiary/aromatic N) is 3. The third kappa shape index (κ3) is 3.87. The molecule has 1 aromatic heterocycles. The van der Waals surface area contributed by atoms with Gasteiger partial charge in [-0.3, -0.25) is 14.2 Å². The van der Waals surface area contributed by atoms with Crippen LogP contribution in [0.1, 0.15) is 18.7 Å². The molecule has 4 rings (SSSR count). The summed E-state index contributed by atoms with van der Waals surface area (Å²) in [5.41, 5.74) is 2.93. The zero-order chi connectivity index (χ0) is 18.8. The Hall–Kier alpha value is -2.86. The molecule has 2 aromatic carbocycles. The molecule has 0 saturated carbocycles. The number of hydrogen-bond donors (Lipinski definition) is 1. The maximum absolute atomic E-state index is 12.5. The van der Waals surface area contributed by atoms with Gasteiger partial charge in [-0.2, -0.15) is 0 Å². The summed E-state index contributed by atoms with van der Waals surface area (Å²) >= 11 is 0. The van der Waals surface area contributed by atoms with E-state index < -0.39 is 11.9 Å². The molecule has 2 heterocycles. The Labute approximate surface area is 169 Å². The fourth-order valence-electron chi connectivity index (χ4n) is 3.67. The fraction of sp³-hybridized carbons (Fsp3) is 0.286. The summed E-state index contributed by atoms with van der Waals surface area (Å²) in [7, 11) is 0. The lowest BCUT2D eigenvalue weighted by molar-refractivity contribution is -0.141. The van der Waals surface area contributed by atoms with Crippen LogP contribution in [0.2, 0.25) is 0 Å². The Bertz CT molecular complexity index is 987. The van der Waals surface area contributed by atoms with Gasteiger partial charge in [-0.1, -0.05) is 30.3 Å². The number of amides is 1. The lowest BCUT2D eigenvalue weighted by Gasteiger charge is -2.16. The van der Waals surface area contributed by atoms with Gasteiger partial charge in [-0.15, -0.1) is 12.4 Å². The van der Waals surface area contributed by atoms with Gasteiger partial charge in [0.25, 0.3) is 0 Å². The van der Waals surface area contributed by atoms with Crippen LogP contribution in [0.25, 0.3) is 16.7 Å². The van der Waals surface area contributed by atoms with Crippen molar-refractivity contribution in [3.63, 3.8) is 0 Å². The largest absolute Gasteiger partial charge is 0.481 e. The molecule has 0 bridgehead atoms. The molecule has 1 unspecified atom stereocenters. The number of imidazole rings is 1. The molecule has 0 spiro atoms. The minimum atomic E-state index is -0.823. The Morgan fingerprint density at radius 3 is 2.50 bits per heavy atom. The number of fused-ring (bicyclic) bond motifs is 1. The van der Waals surface area contributed by atoms with Crippen LogP contribution in [-0.2, 0) is 16.0 Å². The molecule has 1 aliphatic rings. The Kier molecular flexibility index (Phi) is 5.99. The molecule has 1 aliphatic heterocycles. The molecular formula is C21H22ClN3O3. The molecule has 1 N–H and O–H groups in total. The molecule has 7 heteroatoms. The van der Waals surface area contributed by atoms with E-state index in [1.165, 1.54) is 0 Å². The molecular weight excluding hydrogens is 378 g/mol. The molecule has 1 saturated heterocycles. The first-order valence-corrected chi connectivity index (χ1v) is 9.16. The number of likely N-dealkylation sites (tertiary alicyclic amines) is 1. The maximum atomic E-state index is 12.5. The minimum absolute atomic E-state index is 0. The van der Waals surface area contributed by atoms with E-state index in [9.17, 15) is 9.59 Å². The van der Waals surface area contributed by atoms with Crippen molar-refractivity contribution in [2.45, 2.75) is 19.3 Å². The first kappa shape index (κ1) is 19.9. The smallest absolute Gasteiger partial charge is 0.308 e. The van der Waals surface area contributed by atoms with Crippen LogP contribution in [0.4, 0.5) is 0 Å². The third-order valence-corrected chi connectivity index (χ3v) is 5.10. The molecule has 3 aromatic rings. The Morgan fingerprint density at radius 2 is 1.79 bits per heavy atom. The van der Waals surface area contributed by atoms with Crippen LogP contribution in [0, 0.1) is 5.92 Å². The minimum Gasteiger partial charge on any atom is -0.481 e. The van der Waals surface area contributed by atoms with Gasteiger partial charge >= 0.3 is 5.97 Å². The average Bonchev–Trinajstić information content (AvgIpc) is 3.32. The van der Waals surface area contributed by atoms with Crippen LogP contribution < -0.4 is 0 Å². The van der Waals surface area contributed by atoms with Crippen molar-refractivity contribution in [1.29, 1.82) is 0 Å². The lowest BCUT2D eigenvalue weighted by Crippen LogP contribution is -2.30. The number of carbonyl (C=O) groups excluding carboxylic acids is 1. The van der Waals surface area contributed by atoms with Crippen molar-refractivity contribution in [3.05, 3.63) is 60.4 Å². The first-order chi connectivity index (χ1) is 13.1. The molecule has 1 atom stereocenters. The van der Waals surface area contributed by atoms with E-state index in [1.807, 2.05) is 54.6 Å². The van der Waals surface area contributed by atoms with Crippen LogP contribution in [0.3, 0.4) is 0 Å². The van der Waals surface area contributed by atoms with E-state index in [0.29, 0.717) is 32.4 Å². The normalized spacial score (nSPS) is 16.1. The van der Waals surface area contributed by atoms with E-state index >= 15 is 0 Å².